The number of esters is 1. The third-order valence-corrected chi connectivity index (χ3v) is 4.37. The van der Waals surface area contributed by atoms with Crippen molar-refractivity contribution < 1.29 is 19.1 Å². The van der Waals surface area contributed by atoms with Crippen LogP contribution in [-0.4, -0.2) is 42.9 Å². The van der Waals surface area contributed by atoms with Crippen LogP contribution >= 0.6 is 11.3 Å². The number of likely N-dealkylation sites (N-methyl/N-ethyl adjacent to an activating group) is 1. The average molecular weight is 360 g/mol. The van der Waals surface area contributed by atoms with Gasteiger partial charge in [-0.3, -0.25) is 9.59 Å². The van der Waals surface area contributed by atoms with E-state index in [2.05, 4.69) is 5.32 Å². The van der Waals surface area contributed by atoms with Gasteiger partial charge in [0.2, 0.25) is 5.91 Å². The van der Waals surface area contributed by atoms with Crippen LogP contribution in [-0.2, 0) is 14.3 Å². The van der Waals surface area contributed by atoms with Crippen molar-refractivity contribution in [3.63, 3.8) is 0 Å². The molecule has 0 bridgehead atoms. The summed E-state index contributed by atoms with van der Waals surface area (Å²) in [6, 6.07) is 9.11. The highest BCUT2D eigenvalue weighted by molar-refractivity contribution is 7.11. The van der Waals surface area contributed by atoms with Crippen LogP contribution in [0.1, 0.15) is 20.8 Å². The second-order valence-electron chi connectivity index (χ2n) is 5.67. The molecule has 0 aliphatic heterocycles. The zero-order chi connectivity index (χ0) is 18.4. The first-order valence-corrected chi connectivity index (χ1v) is 8.56. The van der Waals surface area contributed by atoms with Crippen LogP contribution in [0.5, 0.6) is 0 Å². The van der Waals surface area contributed by atoms with E-state index in [0.717, 1.165) is 16.8 Å². The Morgan fingerprint density at radius 1 is 1.20 bits per heavy atom. The van der Waals surface area contributed by atoms with E-state index < -0.39 is 18.5 Å². The number of nitrogens with one attached hydrogen (secondary N) is 1. The molecule has 0 saturated heterocycles. The molecule has 25 heavy (non-hydrogen) atoms. The van der Waals surface area contributed by atoms with Crippen molar-refractivity contribution in [2.75, 3.05) is 25.5 Å². The van der Waals surface area contributed by atoms with Gasteiger partial charge in [-0.15, -0.1) is 11.3 Å². The quantitative estimate of drug-likeness (QED) is 0.804. The number of hydrogen-bond donors (Lipinski definition) is 1. The Morgan fingerprint density at radius 2 is 1.96 bits per heavy atom. The van der Waals surface area contributed by atoms with Crippen LogP contribution in [0.2, 0.25) is 0 Å². The second-order valence-corrected chi connectivity index (χ2v) is 6.62. The number of rotatable bonds is 6. The summed E-state index contributed by atoms with van der Waals surface area (Å²) in [4.78, 5) is 37.5. The van der Waals surface area contributed by atoms with Crippen LogP contribution in [0, 0.1) is 13.8 Å². The van der Waals surface area contributed by atoms with Crippen LogP contribution < -0.4 is 5.32 Å². The zero-order valence-corrected chi connectivity index (χ0v) is 15.2. The molecular weight excluding hydrogens is 340 g/mol. The van der Waals surface area contributed by atoms with Gasteiger partial charge in [0.15, 0.2) is 6.61 Å². The molecule has 0 aliphatic rings. The number of thiophene rings is 1. The van der Waals surface area contributed by atoms with Gasteiger partial charge in [-0.2, -0.15) is 0 Å². The molecule has 0 unspecified atom stereocenters. The maximum atomic E-state index is 12.1. The predicted molar refractivity (Wildman–Crippen MR) is 96.8 cm³/mol. The third-order valence-electron chi connectivity index (χ3n) is 3.52. The summed E-state index contributed by atoms with van der Waals surface area (Å²) >= 11 is 1.24. The molecule has 1 heterocycles. The molecule has 1 aromatic heterocycles. The Hall–Kier alpha value is -2.67. The first-order valence-electron chi connectivity index (χ1n) is 7.68. The van der Waals surface area contributed by atoms with Gasteiger partial charge in [0, 0.05) is 12.7 Å². The van der Waals surface area contributed by atoms with Crippen LogP contribution in [0.25, 0.3) is 0 Å². The van der Waals surface area contributed by atoms with Crippen molar-refractivity contribution in [1.82, 2.24) is 4.90 Å². The number of carbonyl (C=O) groups is 3. The van der Waals surface area contributed by atoms with E-state index in [4.69, 9.17) is 4.74 Å². The minimum Gasteiger partial charge on any atom is -0.451 e. The van der Waals surface area contributed by atoms with E-state index in [1.807, 2.05) is 32.0 Å². The van der Waals surface area contributed by atoms with Crippen molar-refractivity contribution in [3.05, 3.63) is 51.7 Å². The van der Waals surface area contributed by atoms with Gasteiger partial charge in [-0.25, -0.2) is 4.79 Å². The largest absolute Gasteiger partial charge is 0.451 e. The van der Waals surface area contributed by atoms with E-state index >= 15 is 0 Å². The lowest BCUT2D eigenvalue weighted by Gasteiger charge is -2.17. The standard InChI is InChI=1S/C18H20N2O4S/c1-12-6-7-13(2)14(9-12)19-16(21)10-20(3)17(22)11-24-18(23)15-5-4-8-25-15/h4-9H,10-11H2,1-3H3,(H,19,21). The fraction of sp³-hybridized carbons (Fsp3) is 0.278. The lowest BCUT2D eigenvalue weighted by molar-refractivity contribution is -0.136. The molecule has 1 N–H and O–H groups in total. The molecule has 0 aliphatic carbocycles. The van der Waals surface area contributed by atoms with E-state index in [0.29, 0.717) is 4.88 Å². The van der Waals surface area contributed by atoms with E-state index in [1.54, 1.807) is 17.5 Å². The Morgan fingerprint density at radius 3 is 2.64 bits per heavy atom. The third kappa shape index (κ3) is 5.42. The molecule has 132 valence electrons. The summed E-state index contributed by atoms with van der Waals surface area (Å²) in [7, 11) is 1.49. The van der Waals surface area contributed by atoms with Crippen LogP contribution in [0.4, 0.5) is 5.69 Å². The molecule has 1 aromatic carbocycles. The zero-order valence-electron chi connectivity index (χ0n) is 14.4. The minimum absolute atomic E-state index is 0.122. The first-order chi connectivity index (χ1) is 11.9. The number of benzene rings is 1. The number of anilines is 1. The lowest BCUT2D eigenvalue weighted by Crippen LogP contribution is -2.37. The highest BCUT2D eigenvalue weighted by Crippen LogP contribution is 2.16. The monoisotopic (exact) mass is 360 g/mol. The SMILES string of the molecule is Cc1ccc(C)c(NC(=O)CN(C)C(=O)COC(=O)c2cccs2)c1. The molecule has 7 heteroatoms. The highest BCUT2D eigenvalue weighted by Gasteiger charge is 2.16. The fourth-order valence-electron chi connectivity index (χ4n) is 2.07. The average Bonchev–Trinajstić information content (AvgIpc) is 3.10. The first kappa shape index (κ1) is 18.7. The summed E-state index contributed by atoms with van der Waals surface area (Å²) in [5, 5.41) is 4.54. The highest BCUT2D eigenvalue weighted by atomic mass is 32.1. The Bertz CT molecular complexity index is 771. The molecule has 0 saturated carbocycles. The molecule has 0 radical (unpaired) electrons. The minimum atomic E-state index is -0.545. The van der Waals surface area contributed by atoms with E-state index in [9.17, 15) is 14.4 Å². The van der Waals surface area contributed by atoms with Gasteiger partial charge in [-0.1, -0.05) is 18.2 Å². The Labute approximate surface area is 150 Å². The summed E-state index contributed by atoms with van der Waals surface area (Å²) in [5.41, 5.74) is 2.69. The van der Waals surface area contributed by atoms with Gasteiger partial charge < -0.3 is 15.0 Å². The Balaban J connectivity index is 1.82. The number of nitrogens with zero attached hydrogens (tertiary/aromatic N) is 1. The summed E-state index contributed by atoms with van der Waals surface area (Å²) in [5.74, 6) is -1.30. The molecular formula is C18H20N2O4S. The van der Waals surface area contributed by atoms with Crippen molar-refractivity contribution in [2.45, 2.75) is 13.8 Å². The number of hydrogen-bond acceptors (Lipinski definition) is 5. The van der Waals surface area contributed by atoms with Crippen molar-refractivity contribution in [2.24, 2.45) is 0 Å². The normalized spacial score (nSPS) is 10.2. The lowest BCUT2D eigenvalue weighted by atomic mass is 10.1. The smallest absolute Gasteiger partial charge is 0.348 e. The molecule has 2 rings (SSSR count). The van der Waals surface area contributed by atoms with Gasteiger partial charge >= 0.3 is 5.97 Å². The van der Waals surface area contributed by atoms with Crippen molar-refractivity contribution in [3.8, 4) is 0 Å². The molecule has 2 amide bonds. The summed E-state index contributed by atoms with van der Waals surface area (Å²) < 4.78 is 4.95. The van der Waals surface area contributed by atoms with Crippen molar-refractivity contribution >= 4 is 34.8 Å². The number of amides is 2. The number of ether oxygens (including phenoxy) is 1. The van der Waals surface area contributed by atoms with Crippen LogP contribution in [0.3, 0.4) is 0 Å². The van der Waals surface area contributed by atoms with Gasteiger partial charge in [-0.05, 0) is 42.5 Å². The number of aryl methyl sites for hydroxylation is 2. The predicted octanol–water partition coefficient (Wildman–Crippen LogP) is 2.62. The maximum absolute atomic E-state index is 12.1. The van der Waals surface area contributed by atoms with Crippen LogP contribution in [0.15, 0.2) is 35.7 Å². The number of carbonyl (C=O) groups excluding carboxylic acids is 3. The van der Waals surface area contributed by atoms with E-state index in [1.165, 1.54) is 23.3 Å². The van der Waals surface area contributed by atoms with E-state index in [-0.39, 0.29) is 12.5 Å². The fourth-order valence-corrected chi connectivity index (χ4v) is 2.68. The molecule has 6 nitrogen and oxygen atoms in total. The van der Waals surface area contributed by atoms with Gasteiger partial charge in [0.05, 0.1) is 6.54 Å². The summed E-state index contributed by atoms with van der Waals surface area (Å²) in [6.45, 7) is 3.31. The molecule has 0 atom stereocenters. The Kier molecular flexibility index (Phi) is 6.30. The molecule has 0 spiro atoms. The summed E-state index contributed by atoms with van der Waals surface area (Å²) in [6.07, 6.45) is 0. The topological polar surface area (TPSA) is 75.7 Å². The molecule has 0 fully saturated rings. The van der Waals surface area contributed by atoms with Crippen molar-refractivity contribution in [1.29, 1.82) is 0 Å². The maximum Gasteiger partial charge on any atom is 0.348 e. The molecule has 2 aromatic rings. The second kappa shape index (κ2) is 8.43. The van der Waals surface area contributed by atoms with Gasteiger partial charge in [0.25, 0.3) is 5.91 Å². The van der Waals surface area contributed by atoms with Gasteiger partial charge in [0.1, 0.15) is 4.88 Å².